The number of rotatable bonds is 5. The Balaban J connectivity index is 2.33. The van der Waals surface area contributed by atoms with Gasteiger partial charge in [-0.15, -0.1) is 5.10 Å². The van der Waals surface area contributed by atoms with E-state index in [4.69, 9.17) is 0 Å². The lowest BCUT2D eigenvalue weighted by Crippen LogP contribution is -2.47. The van der Waals surface area contributed by atoms with E-state index in [2.05, 4.69) is 10.4 Å². The van der Waals surface area contributed by atoms with E-state index in [0.717, 1.165) is 28.6 Å². The van der Waals surface area contributed by atoms with Gasteiger partial charge in [-0.25, -0.2) is 9.48 Å². The van der Waals surface area contributed by atoms with E-state index in [1.807, 2.05) is 0 Å². The molecule has 20 heavy (non-hydrogen) atoms. The molecule has 1 aromatic rings. The second-order valence-electron chi connectivity index (χ2n) is 5.06. The van der Waals surface area contributed by atoms with E-state index in [1.54, 1.807) is 4.90 Å². The highest BCUT2D eigenvalue weighted by Crippen LogP contribution is 2.10. The molecule has 8 heteroatoms. The second-order valence-corrected chi connectivity index (χ2v) is 5.06. The number of hydrogen-bond acceptors (Lipinski definition) is 6. The van der Waals surface area contributed by atoms with Gasteiger partial charge in [0.15, 0.2) is 0 Å². The van der Waals surface area contributed by atoms with Crippen LogP contribution >= 0.6 is 0 Å². The smallest absolute Gasteiger partial charge is 0.346 e. The number of aliphatic hydroxyl groups excluding tert-OH is 1. The van der Waals surface area contributed by atoms with Crippen molar-refractivity contribution in [2.45, 2.75) is 18.9 Å². The Bertz CT molecular complexity index is 573. The van der Waals surface area contributed by atoms with Crippen LogP contribution in [0.3, 0.4) is 0 Å². The molecule has 1 fully saturated rings. The van der Waals surface area contributed by atoms with E-state index in [9.17, 15) is 14.7 Å². The van der Waals surface area contributed by atoms with Gasteiger partial charge in [0, 0.05) is 33.2 Å². The fourth-order valence-corrected chi connectivity index (χ4v) is 2.46. The fraction of sp³-hybridized carbons (Fsp3) is 0.750. The van der Waals surface area contributed by atoms with Crippen LogP contribution in [0.1, 0.15) is 12.8 Å². The summed E-state index contributed by atoms with van der Waals surface area (Å²) in [5, 5.41) is 16.6. The molecule has 0 saturated carbocycles. The van der Waals surface area contributed by atoms with Crippen molar-refractivity contribution < 1.29 is 5.11 Å². The lowest BCUT2D eigenvalue weighted by molar-refractivity contribution is 0.299. The van der Waals surface area contributed by atoms with Gasteiger partial charge < -0.3 is 15.3 Å². The Kier molecular flexibility index (Phi) is 4.56. The first kappa shape index (κ1) is 14.7. The largest absolute Gasteiger partial charge is 0.395 e. The summed E-state index contributed by atoms with van der Waals surface area (Å²) in [6, 6.07) is 0.283. The highest BCUT2D eigenvalue weighted by molar-refractivity contribution is 5.35. The van der Waals surface area contributed by atoms with Gasteiger partial charge in [-0.1, -0.05) is 0 Å². The average molecular weight is 283 g/mol. The van der Waals surface area contributed by atoms with E-state index in [-0.39, 0.29) is 18.5 Å². The summed E-state index contributed by atoms with van der Waals surface area (Å²) in [5.74, 6) is 0.206. The number of nitrogens with one attached hydrogen (secondary N) is 1. The molecular formula is C12H21N5O3. The topological polar surface area (TPSA) is 92.4 Å². The number of nitrogens with zero attached hydrogens (tertiary/aromatic N) is 4. The molecule has 0 bridgehead atoms. The van der Waals surface area contributed by atoms with Crippen LogP contribution in [-0.4, -0.2) is 51.7 Å². The molecule has 1 saturated heterocycles. The zero-order valence-corrected chi connectivity index (χ0v) is 11.9. The summed E-state index contributed by atoms with van der Waals surface area (Å²) < 4.78 is 2.18. The zero-order valence-electron chi connectivity index (χ0n) is 11.9. The van der Waals surface area contributed by atoms with Gasteiger partial charge in [0.2, 0.25) is 5.82 Å². The molecule has 0 amide bonds. The molecule has 1 unspecified atom stereocenters. The molecule has 2 rings (SSSR count). The van der Waals surface area contributed by atoms with E-state index < -0.39 is 11.2 Å². The normalized spacial score (nSPS) is 18.4. The van der Waals surface area contributed by atoms with E-state index in [0.29, 0.717) is 13.1 Å². The lowest BCUT2D eigenvalue weighted by Gasteiger charge is -2.25. The molecule has 0 radical (unpaired) electrons. The third-order valence-electron chi connectivity index (χ3n) is 3.58. The third-order valence-corrected chi connectivity index (χ3v) is 3.58. The first-order valence-electron chi connectivity index (χ1n) is 6.78. The van der Waals surface area contributed by atoms with Crippen molar-refractivity contribution >= 4 is 5.82 Å². The molecule has 2 N–H and O–H groups in total. The summed E-state index contributed by atoms with van der Waals surface area (Å²) in [4.78, 5) is 25.6. The summed E-state index contributed by atoms with van der Waals surface area (Å²) in [5.41, 5.74) is -0.888. The minimum Gasteiger partial charge on any atom is -0.395 e. The fourth-order valence-electron chi connectivity index (χ4n) is 2.46. The van der Waals surface area contributed by atoms with Gasteiger partial charge in [0.25, 0.3) is 5.56 Å². The average Bonchev–Trinajstić information content (AvgIpc) is 2.93. The van der Waals surface area contributed by atoms with Crippen LogP contribution in [0.4, 0.5) is 5.82 Å². The van der Waals surface area contributed by atoms with Crippen molar-refractivity contribution in [1.82, 2.24) is 19.7 Å². The van der Waals surface area contributed by atoms with Gasteiger partial charge in [-0.3, -0.25) is 9.36 Å². The Morgan fingerprint density at radius 1 is 1.45 bits per heavy atom. The van der Waals surface area contributed by atoms with Crippen LogP contribution < -0.4 is 21.5 Å². The van der Waals surface area contributed by atoms with Crippen molar-refractivity contribution in [3.05, 3.63) is 20.8 Å². The van der Waals surface area contributed by atoms with Crippen LogP contribution in [0.5, 0.6) is 0 Å². The standard InChI is InChI=1S/C12H21N5O3/c1-15-11(19)10(14-16(2)12(15)20)17(6-7-18)8-9-4-3-5-13-9/h9,13,18H,3-8H2,1-2H3. The molecule has 2 heterocycles. The van der Waals surface area contributed by atoms with Crippen molar-refractivity contribution in [1.29, 1.82) is 0 Å². The monoisotopic (exact) mass is 283 g/mol. The first-order valence-corrected chi connectivity index (χ1v) is 6.78. The minimum atomic E-state index is -0.457. The highest BCUT2D eigenvalue weighted by atomic mass is 16.3. The Hall–Kier alpha value is -1.67. The van der Waals surface area contributed by atoms with Crippen molar-refractivity contribution in [2.24, 2.45) is 14.1 Å². The SMILES string of the molecule is Cn1nc(N(CCO)CC2CCCN2)c(=O)n(C)c1=O. The second kappa shape index (κ2) is 6.19. The quantitative estimate of drug-likeness (QED) is 0.651. The molecule has 8 nitrogen and oxygen atoms in total. The van der Waals surface area contributed by atoms with Crippen molar-refractivity contribution in [3.8, 4) is 0 Å². The van der Waals surface area contributed by atoms with Crippen LogP contribution in [0.2, 0.25) is 0 Å². The molecule has 0 aromatic carbocycles. The Labute approximate surface area is 116 Å². The number of aryl methyl sites for hydroxylation is 1. The molecule has 0 spiro atoms. The molecule has 112 valence electrons. The third kappa shape index (κ3) is 2.91. The molecule has 1 aliphatic rings. The zero-order chi connectivity index (χ0) is 14.7. The molecule has 0 aliphatic carbocycles. The van der Waals surface area contributed by atoms with Gasteiger partial charge >= 0.3 is 5.69 Å². The lowest BCUT2D eigenvalue weighted by atomic mass is 10.2. The molecule has 1 atom stereocenters. The minimum absolute atomic E-state index is 0.0691. The Morgan fingerprint density at radius 3 is 2.80 bits per heavy atom. The first-order chi connectivity index (χ1) is 9.54. The predicted molar refractivity (Wildman–Crippen MR) is 75.0 cm³/mol. The molecule has 1 aromatic heterocycles. The molecular weight excluding hydrogens is 262 g/mol. The summed E-state index contributed by atoms with van der Waals surface area (Å²) in [6.07, 6.45) is 2.14. The van der Waals surface area contributed by atoms with Gasteiger partial charge in [-0.05, 0) is 19.4 Å². The maximum absolute atomic E-state index is 12.2. The number of anilines is 1. The van der Waals surface area contributed by atoms with Gasteiger partial charge in [0.1, 0.15) is 0 Å². The van der Waals surface area contributed by atoms with Crippen molar-refractivity contribution in [3.63, 3.8) is 0 Å². The number of aromatic nitrogens is 3. The van der Waals surface area contributed by atoms with Crippen molar-refractivity contribution in [2.75, 3.05) is 31.1 Å². The van der Waals surface area contributed by atoms with Crippen LogP contribution in [-0.2, 0) is 14.1 Å². The number of hydrogen-bond donors (Lipinski definition) is 2. The van der Waals surface area contributed by atoms with Gasteiger partial charge in [0.05, 0.1) is 6.61 Å². The maximum Gasteiger partial charge on any atom is 0.346 e. The van der Waals surface area contributed by atoms with E-state index >= 15 is 0 Å². The highest BCUT2D eigenvalue weighted by Gasteiger charge is 2.22. The van der Waals surface area contributed by atoms with Crippen LogP contribution in [0, 0.1) is 0 Å². The maximum atomic E-state index is 12.2. The van der Waals surface area contributed by atoms with Gasteiger partial charge in [-0.2, -0.15) is 0 Å². The summed E-state index contributed by atoms with van der Waals surface area (Å²) >= 11 is 0. The summed E-state index contributed by atoms with van der Waals surface area (Å²) in [7, 11) is 2.94. The summed E-state index contributed by atoms with van der Waals surface area (Å²) in [6.45, 7) is 1.82. The number of aliphatic hydroxyl groups is 1. The Morgan fingerprint density at radius 2 is 2.20 bits per heavy atom. The van der Waals surface area contributed by atoms with E-state index in [1.165, 1.54) is 14.1 Å². The van der Waals surface area contributed by atoms with Crippen LogP contribution in [0.15, 0.2) is 9.59 Å². The predicted octanol–water partition coefficient (Wildman–Crippen LogP) is -1.97. The molecule has 1 aliphatic heterocycles. The van der Waals surface area contributed by atoms with Crippen LogP contribution in [0.25, 0.3) is 0 Å².